The molecule has 2 N–H and O–H groups in total. The molecule has 2 heterocycles. The fourth-order valence-electron chi connectivity index (χ4n) is 3.52. The highest BCUT2D eigenvalue weighted by Crippen LogP contribution is 2.36. The number of urea groups is 1. The van der Waals surface area contributed by atoms with Crippen molar-refractivity contribution in [3.63, 3.8) is 0 Å². The fraction of sp³-hybridized carbons (Fsp3) is 0.167. The quantitative estimate of drug-likeness (QED) is 0.311. The van der Waals surface area contributed by atoms with Gasteiger partial charge in [-0.1, -0.05) is 11.6 Å². The van der Waals surface area contributed by atoms with Crippen LogP contribution < -0.4 is 15.4 Å². The molecule has 36 heavy (non-hydrogen) atoms. The van der Waals surface area contributed by atoms with Gasteiger partial charge in [-0.05, 0) is 56.3 Å². The number of carbonyl (C=O) groups is 1. The smallest absolute Gasteiger partial charge is 0.417 e. The van der Waals surface area contributed by atoms with Gasteiger partial charge in [0, 0.05) is 35.7 Å². The van der Waals surface area contributed by atoms with Crippen LogP contribution in [0.3, 0.4) is 0 Å². The lowest BCUT2D eigenvalue weighted by Crippen LogP contribution is -2.19. The number of hydrogen-bond acceptors (Lipinski definition) is 5. The Balaban J connectivity index is 1.41. The summed E-state index contributed by atoms with van der Waals surface area (Å²) >= 11 is 5.60. The lowest BCUT2D eigenvalue weighted by molar-refractivity contribution is -0.137. The molecular weight excluding hydrogens is 497 g/mol. The Bertz CT molecular complexity index is 1420. The fourth-order valence-corrected chi connectivity index (χ4v) is 3.74. The molecule has 0 radical (unpaired) electrons. The molecule has 0 saturated heterocycles. The summed E-state index contributed by atoms with van der Waals surface area (Å²) in [6, 6.07) is 10.5. The second-order valence-electron chi connectivity index (χ2n) is 7.81. The molecule has 2 amide bonds. The van der Waals surface area contributed by atoms with Gasteiger partial charge in [0.25, 0.3) is 0 Å². The molecule has 4 rings (SSSR count). The number of alkyl halides is 3. The van der Waals surface area contributed by atoms with Crippen molar-refractivity contribution in [1.29, 1.82) is 0 Å². The van der Waals surface area contributed by atoms with Crippen molar-refractivity contribution in [3.05, 3.63) is 76.8 Å². The summed E-state index contributed by atoms with van der Waals surface area (Å²) in [5.41, 5.74) is 2.68. The molecule has 0 unspecified atom stereocenters. The van der Waals surface area contributed by atoms with E-state index in [-0.39, 0.29) is 5.69 Å². The molecule has 0 fully saturated rings. The van der Waals surface area contributed by atoms with Gasteiger partial charge in [-0.2, -0.15) is 18.3 Å². The van der Waals surface area contributed by atoms with E-state index >= 15 is 0 Å². The average Bonchev–Trinajstić information content (AvgIpc) is 3.07. The van der Waals surface area contributed by atoms with Gasteiger partial charge in [-0.15, -0.1) is 0 Å². The van der Waals surface area contributed by atoms with E-state index in [1.807, 2.05) is 20.9 Å². The Hall–Kier alpha value is -4.12. The zero-order valence-electron chi connectivity index (χ0n) is 19.3. The number of ether oxygens (including phenoxy) is 1. The number of aryl methyl sites for hydroxylation is 2. The van der Waals surface area contributed by atoms with E-state index in [0.717, 1.165) is 29.1 Å². The summed E-state index contributed by atoms with van der Waals surface area (Å²) in [5.74, 6) is 0.780. The molecule has 4 aromatic rings. The first-order valence-corrected chi connectivity index (χ1v) is 10.9. The van der Waals surface area contributed by atoms with Gasteiger partial charge in [0.05, 0.1) is 22.0 Å². The molecule has 8 nitrogen and oxygen atoms in total. The van der Waals surface area contributed by atoms with Crippen LogP contribution in [-0.4, -0.2) is 25.8 Å². The monoisotopic (exact) mass is 516 g/mol. The van der Waals surface area contributed by atoms with Gasteiger partial charge in [0.2, 0.25) is 5.88 Å². The minimum absolute atomic E-state index is 0.0529. The van der Waals surface area contributed by atoms with Crippen LogP contribution in [0.1, 0.15) is 17.0 Å². The summed E-state index contributed by atoms with van der Waals surface area (Å²) in [4.78, 5) is 20.7. The molecule has 0 atom stereocenters. The van der Waals surface area contributed by atoms with Crippen LogP contribution in [-0.2, 0) is 13.2 Å². The number of anilines is 2. The van der Waals surface area contributed by atoms with Crippen molar-refractivity contribution in [2.75, 3.05) is 10.6 Å². The lowest BCUT2D eigenvalue weighted by Gasteiger charge is -2.12. The summed E-state index contributed by atoms with van der Waals surface area (Å²) in [5, 5.41) is 8.84. The van der Waals surface area contributed by atoms with Crippen LogP contribution in [0, 0.1) is 13.8 Å². The second-order valence-corrected chi connectivity index (χ2v) is 8.22. The highest BCUT2D eigenvalue weighted by atomic mass is 35.5. The molecular formula is C24H20ClF3N6O2. The first kappa shape index (κ1) is 25.0. The van der Waals surface area contributed by atoms with Crippen molar-refractivity contribution in [2.45, 2.75) is 20.0 Å². The van der Waals surface area contributed by atoms with E-state index in [0.29, 0.717) is 23.0 Å². The Morgan fingerprint density at radius 2 is 1.67 bits per heavy atom. The van der Waals surface area contributed by atoms with Crippen LogP contribution in [0.2, 0.25) is 5.02 Å². The zero-order chi connectivity index (χ0) is 26.0. The van der Waals surface area contributed by atoms with Crippen LogP contribution in [0.4, 0.5) is 29.3 Å². The van der Waals surface area contributed by atoms with E-state index < -0.39 is 22.8 Å². The second kappa shape index (κ2) is 9.86. The Morgan fingerprint density at radius 3 is 2.31 bits per heavy atom. The topological polar surface area (TPSA) is 94.0 Å². The van der Waals surface area contributed by atoms with Crippen LogP contribution >= 0.6 is 11.6 Å². The maximum absolute atomic E-state index is 13.0. The highest BCUT2D eigenvalue weighted by Gasteiger charge is 2.33. The van der Waals surface area contributed by atoms with E-state index in [2.05, 4.69) is 25.7 Å². The molecule has 186 valence electrons. The predicted molar refractivity (Wildman–Crippen MR) is 129 cm³/mol. The summed E-state index contributed by atoms with van der Waals surface area (Å²) in [7, 11) is 1.86. The van der Waals surface area contributed by atoms with Crippen molar-refractivity contribution in [2.24, 2.45) is 7.05 Å². The molecule has 0 bridgehead atoms. The van der Waals surface area contributed by atoms with Gasteiger partial charge < -0.3 is 15.4 Å². The lowest BCUT2D eigenvalue weighted by atomic mass is 10.1. The Kier molecular flexibility index (Phi) is 6.84. The number of amides is 2. The van der Waals surface area contributed by atoms with Gasteiger partial charge in [0.1, 0.15) is 12.1 Å². The number of carbonyl (C=O) groups excluding carboxylic acids is 1. The minimum Gasteiger partial charge on any atom is -0.439 e. The molecule has 2 aromatic heterocycles. The summed E-state index contributed by atoms with van der Waals surface area (Å²) < 4.78 is 46.6. The minimum atomic E-state index is -4.64. The van der Waals surface area contributed by atoms with Gasteiger partial charge in [-0.3, -0.25) is 4.68 Å². The number of benzene rings is 2. The number of hydrogen-bond donors (Lipinski definition) is 2. The third-order valence-corrected chi connectivity index (χ3v) is 5.60. The van der Waals surface area contributed by atoms with Crippen molar-refractivity contribution >= 4 is 29.0 Å². The Morgan fingerprint density at radius 1 is 1.00 bits per heavy atom. The molecule has 0 aliphatic rings. The van der Waals surface area contributed by atoms with E-state index in [1.54, 1.807) is 35.0 Å². The number of nitrogens with zero attached hydrogens (tertiary/aromatic N) is 4. The van der Waals surface area contributed by atoms with Crippen molar-refractivity contribution in [1.82, 2.24) is 19.7 Å². The SMILES string of the molecule is Cc1nn(C)c(C)c1-c1cc(Oc2ccc(NC(=O)Nc3ccc(Cl)c(C(F)(F)F)c3)cc2)ncn1. The van der Waals surface area contributed by atoms with Gasteiger partial charge in [-0.25, -0.2) is 14.8 Å². The number of halogens is 4. The first-order chi connectivity index (χ1) is 17.0. The third kappa shape index (κ3) is 5.57. The molecule has 0 aliphatic heterocycles. The largest absolute Gasteiger partial charge is 0.439 e. The Labute approximate surface area is 209 Å². The van der Waals surface area contributed by atoms with Crippen molar-refractivity contribution in [3.8, 4) is 22.9 Å². The summed E-state index contributed by atoms with van der Waals surface area (Å²) in [6.07, 6.45) is -3.24. The average molecular weight is 517 g/mol. The summed E-state index contributed by atoms with van der Waals surface area (Å²) in [6.45, 7) is 3.84. The predicted octanol–water partition coefficient (Wildman–Crippen LogP) is 6.60. The van der Waals surface area contributed by atoms with E-state index in [4.69, 9.17) is 16.3 Å². The highest BCUT2D eigenvalue weighted by molar-refractivity contribution is 6.31. The maximum Gasteiger partial charge on any atom is 0.417 e. The number of nitrogens with one attached hydrogen (secondary N) is 2. The van der Waals surface area contributed by atoms with Gasteiger partial charge >= 0.3 is 12.2 Å². The molecule has 0 saturated carbocycles. The van der Waals surface area contributed by atoms with Gasteiger partial charge in [0.15, 0.2) is 0 Å². The van der Waals surface area contributed by atoms with Crippen LogP contribution in [0.15, 0.2) is 54.9 Å². The molecule has 12 heteroatoms. The zero-order valence-corrected chi connectivity index (χ0v) is 20.1. The number of rotatable bonds is 5. The van der Waals surface area contributed by atoms with E-state index in [9.17, 15) is 18.0 Å². The maximum atomic E-state index is 13.0. The standard InChI is InChI=1S/C24H20ClF3N6O2/c1-13-22(14(2)34(3)33-13)20-11-21(30-12-29-20)36-17-7-4-15(5-8-17)31-23(35)32-16-6-9-19(25)18(10-16)24(26,27)28/h4-12H,1-3H3,(H2,31,32,35). The van der Waals surface area contributed by atoms with Crippen LogP contribution in [0.25, 0.3) is 11.3 Å². The first-order valence-electron chi connectivity index (χ1n) is 10.6. The number of aromatic nitrogens is 4. The van der Waals surface area contributed by atoms with Crippen molar-refractivity contribution < 1.29 is 22.7 Å². The molecule has 2 aromatic carbocycles. The third-order valence-electron chi connectivity index (χ3n) is 5.27. The molecule has 0 aliphatic carbocycles. The molecule has 0 spiro atoms. The van der Waals surface area contributed by atoms with Crippen LogP contribution in [0.5, 0.6) is 11.6 Å². The van der Waals surface area contributed by atoms with E-state index in [1.165, 1.54) is 12.4 Å². The normalized spacial score (nSPS) is 11.3.